The molecule has 0 radical (unpaired) electrons. The summed E-state index contributed by atoms with van der Waals surface area (Å²) >= 11 is 0. The minimum Gasteiger partial charge on any atom is -0.340 e. The molecule has 1 saturated heterocycles. The van der Waals surface area contributed by atoms with Crippen LogP contribution < -0.4 is 0 Å². The Bertz CT molecular complexity index is 609. The van der Waals surface area contributed by atoms with Crippen LogP contribution in [0.3, 0.4) is 0 Å². The molecule has 2 aromatic rings. The van der Waals surface area contributed by atoms with Crippen LogP contribution in [0.5, 0.6) is 0 Å². The van der Waals surface area contributed by atoms with Gasteiger partial charge in [-0.3, -0.25) is 4.90 Å². The molecule has 5 heteroatoms. The van der Waals surface area contributed by atoms with Crippen LogP contribution in [0.1, 0.15) is 30.1 Å². The average molecular weight is 277 g/mol. The lowest BCUT2D eigenvalue weighted by Gasteiger charge is -2.24. The van der Waals surface area contributed by atoms with Gasteiger partial charge in [0.1, 0.15) is 11.6 Å². The van der Waals surface area contributed by atoms with Crippen molar-refractivity contribution >= 4 is 0 Å². The van der Waals surface area contributed by atoms with Crippen LogP contribution in [0, 0.1) is 11.6 Å². The molecule has 0 bridgehead atoms. The lowest BCUT2D eigenvalue weighted by molar-refractivity contribution is 0.240. The first-order valence-corrected chi connectivity index (χ1v) is 6.79. The Balaban J connectivity index is 1.83. The standard InChI is InChI=1S/C15H17F2N3/c1-19-8-12(18-10-19)9-20-6-2-3-15(20)13-7-11(16)4-5-14(13)17/h4-5,7-8,10,15H,2-3,6,9H2,1H3/t15-/m1/s1. The van der Waals surface area contributed by atoms with E-state index >= 15 is 0 Å². The normalized spacial score (nSPS) is 19.6. The number of imidazole rings is 1. The van der Waals surface area contributed by atoms with Crippen molar-refractivity contribution < 1.29 is 8.78 Å². The van der Waals surface area contributed by atoms with Crippen LogP contribution in [-0.4, -0.2) is 21.0 Å². The summed E-state index contributed by atoms with van der Waals surface area (Å²) in [6.45, 7) is 1.55. The summed E-state index contributed by atoms with van der Waals surface area (Å²) in [6.07, 6.45) is 5.56. The van der Waals surface area contributed by atoms with Gasteiger partial charge in [0, 0.05) is 31.4 Å². The van der Waals surface area contributed by atoms with Crippen molar-refractivity contribution in [3.63, 3.8) is 0 Å². The van der Waals surface area contributed by atoms with Crippen LogP contribution in [0.4, 0.5) is 8.78 Å². The molecular formula is C15H17F2N3. The Kier molecular flexibility index (Phi) is 3.53. The highest BCUT2D eigenvalue weighted by atomic mass is 19.1. The highest BCUT2D eigenvalue weighted by Crippen LogP contribution is 2.34. The fourth-order valence-corrected chi connectivity index (χ4v) is 2.89. The molecular weight excluding hydrogens is 260 g/mol. The van der Waals surface area contributed by atoms with Crippen LogP contribution in [0.15, 0.2) is 30.7 Å². The smallest absolute Gasteiger partial charge is 0.128 e. The van der Waals surface area contributed by atoms with Gasteiger partial charge in [0.2, 0.25) is 0 Å². The second-order valence-electron chi connectivity index (χ2n) is 5.32. The first-order valence-electron chi connectivity index (χ1n) is 6.79. The summed E-state index contributed by atoms with van der Waals surface area (Å²) < 4.78 is 29.2. The highest BCUT2D eigenvalue weighted by Gasteiger charge is 2.28. The van der Waals surface area contributed by atoms with Gasteiger partial charge >= 0.3 is 0 Å². The molecule has 1 aromatic carbocycles. The summed E-state index contributed by atoms with van der Waals surface area (Å²) in [5.74, 6) is -0.713. The van der Waals surface area contributed by atoms with Crippen LogP contribution in [0.2, 0.25) is 0 Å². The molecule has 1 aliphatic rings. The maximum absolute atomic E-state index is 13.9. The molecule has 1 atom stereocenters. The van der Waals surface area contributed by atoms with Crippen molar-refractivity contribution in [2.45, 2.75) is 25.4 Å². The molecule has 0 N–H and O–H groups in total. The number of halogens is 2. The summed E-state index contributed by atoms with van der Waals surface area (Å²) in [7, 11) is 1.92. The van der Waals surface area contributed by atoms with Crippen molar-refractivity contribution in [2.24, 2.45) is 7.05 Å². The maximum Gasteiger partial charge on any atom is 0.128 e. The largest absolute Gasteiger partial charge is 0.340 e. The first-order chi connectivity index (χ1) is 9.63. The minimum atomic E-state index is -0.383. The molecule has 1 aromatic heterocycles. The van der Waals surface area contributed by atoms with E-state index in [0.717, 1.165) is 31.1 Å². The molecule has 1 aliphatic heterocycles. The number of aryl methyl sites for hydroxylation is 1. The van der Waals surface area contributed by atoms with Crippen molar-refractivity contribution in [1.82, 2.24) is 14.5 Å². The Morgan fingerprint density at radius 3 is 2.95 bits per heavy atom. The van der Waals surface area contributed by atoms with E-state index in [0.29, 0.717) is 12.1 Å². The quantitative estimate of drug-likeness (QED) is 0.860. The molecule has 20 heavy (non-hydrogen) atoms. The molecule has 3 rings (SSSR count). The van der Waals surface area contributed by atoms with E-state index in [1.165, 1.54) is 12.1 Å². The number of nitrogens with zero attached hydrogens (tertiary/aromatic N) is 3. The van der Waals surface area contributed by atoms with Gasteiger partial charge in [-0.05, 0) is 37.6 Å². The summed E-state index contributed by atoms with van der Waals surface area (Å²) in [4.78, 5) is 6.47. The Hall–Kier alpha value is -1.75. The van der Waals surface area contributed by atoms with Crippen LogP contribution in [0.25, 0.3) is 0 Å². The summed E-state index contributed by atoms with van der Waals surface area (Å²) in [5.41, 5.74) is 1.41. The van der Waals surface area contributed by atoms with Gasteiger partial charge in [-0.25, -0.2) is 13.8 Å². The Morgan fingerprint density at radius 1 is 1.35 bits per heavy atom. The molecule has 2 heterocycles. The molecule has 0 aliphatic carbocycles. The van der Waals surface area contributed by atoms with E-state index in [1.54, 1.807) is 6.33 Å². The SMILES string of the molecule is Cn1cnc(CN2CCC[C@@H]2c2cc(F)ccc2F)c1. The summed E-state index contributed by atoms with van der Waals surface area (Å²) in [5, 5.41) is 0. The lowest BCUT2D eigenvalue weighted by Crippen LogP contribution is -2.23. The zero-order chi connectivity index (χ0) is 14.1. The predicted octanol–water partition coefficient (Wildman–Crippen LogP) is 3.04. The fraction of sp³-hybridized carbons (Fsp3) is 0.400. The Morgan fingerprint density at radius 2 is 2.20 bits per heavy atom. The molecule has 0 unspecified atom stereocenters. The van der Waals surface area contributed by atoms with Crippen molar-refractivity contribution in [2.75, 3.05) is 6.54 Å². The van der Waals surface area contributed by atoms with Gasteiger partial charge in [-0.1, -0.05) is 0 Å². The van der Waals surface area contributed by atoms with Crippen LogP contribution in [-0.2, 0) is 13.6 Å². The van der Waals surface area contributed by atoms with E-state index in [9.17, 15) is 8.78 Å². The average Bonchev–Trinajstić information content (AvgIpc) is 3.02. The number of rotatable bonds is 3. The van der Waals surface area contributed by atoms with Gasteiger partial charge in [-0.2, -0.15) is 0 Å². The number of benzene rings is 1. The van der Waals surface area contributed by atoms with Crippen molar-refractivity contribution in [3.05, 3.63) is 53.6 Å². The molecule has 0 amide bonds. The van der Waals surface area contributed by atoms with E-state index < -0.39 is 0 Å². The van der Waals surface area contributed by atoms with Gasteiger partial charge in [0.25, 0.3) is 0 Å². The third-order valence-corrected chi connectivity index (χ3v) is 3.80. The number of hydrogen-bond donors (Lipinski definition) is 0. The molecule has 106 valence electrons. The zero-order valence-electron chi connectivity index (χ0n) is 11.4. The highest BCUT2D eigenvalue weighted by molar-refractivity contribution is 5.23. The van der Waals surface area contributed by atoms with E-state index in [4.69, 9.17) is 0 Å². The van der Waals surface area contributed by atoms with E-state index in [-0.39, 0.29) is 17.7 Å². The summed E-state index contributed by atoms with van der Waals surface area (Å²) in [6, 6.07) is 3.63. The fourth-order valence-electron chi connectivity index (χ4n) is 2.89. The number of likely N-dealkylation sites (tertiary alicyclic amines) is 1. The third-order valence-electron chi connectivity index (χ3n) is 3.80. The van der Waals surface area contributed by atoms with Gasteiger partial charge in [0.05, 0.1) is 12.0 Å². The van der Waals surface area contributed by atoms with Crippen molar-refractivity contribution in [3.8, 4) is 0 Å². The Labute approximate surface area is 116 Å². The second-order valence-corrected chi connectivity index (χ2v) is 5.32. The topological polar surface area (TPSA) is 21.1 Å². The van der Waals surface area contributed by atoms with Crippen molar-refractivity contribution in [1.29, 1.82) is 0 Å². The monoisotopic (exact) mass is 277 g/mol. The molecule has 3 nitrogen and oxygen atoms in total. The predicted molar refractivity (Wildman–Crippen MR) is 72.0 cm³/mol. The number of aromatic nitrogens is 2. The maximum atomic E-state index is 13.9. The van der Waals surface area contributed by atoms with Gasteiger partial charge in [0.15, 0.2) is 0 Å². The minimum absolute atomic E-state index is 0.0623. The van der Waals surface area contributed by atoms with Gasteiger partial charge in [-0.15, -0.1) is 0 Å². The zero-order valence-corrected chi connectivity index (χ0v) is 11.4. The molecule has 1 fully saturated rings. The van der Waals surface area contributed by atoms with Gasteiger partial charge < -0.3 is 4.57 Å². The number of hydrogen-bond acceptors (Lipinski definition) is 2. The lowest BCUT2D eigenvalue weighted by atomic mass is 10.0. The third kappa shape index (κ3) is 2.58. The molecule has 0 saturated carbocycles. The first kappa shape index (κ1) is 13.2. The van der Waals surface area contributed by atoms with Crippen LogP contribution >= 0.6 is 0 Å². The van der Waals surface area contributed by atoms with E-state index in [1.807, 2.05) is 17.8 Å². The molecule has 0 spiro atoms. The second kappa shape index (κ2) is 5.32. The van der Waals surface area contributed by atoms with E-state index in [2.05, 4.69) is 9.88 Å².